The minimum Gasteiger partial charge on any atom is -0.396 e. The van der Waals surface area contributed by atoms with Crippen LogP contribution < -0.4 is 10.6 Å². The van der Waals surface area contributed by atoms with E-state index >= 15 is 0 Å². The molecule has 2 aromatic rings. The fourth-order valence-electron chi connectivity index (χ4n) is 3.86. The van der Waals surface area contributed by atoms with Gasteiger partial charge in [0.1, 0.15) is 0 Å². The Kier molecular flexibility index (Phi) is 6.23. The number of nitrogens with one attached hydrogen (secondary N) is 2. The van der Waals surface area contributed by atoms with Crippen LogP contribution in [0.4, 0.5) is 0 Å². The van der Waals surface area contributed by atoms with E-state index < -0.39 is 0 Å². The van der Waals surface area contributed by atoms with Crippen LogP contribution in [-0.2, 0) is 16.0 Å². The van der Waals surface area contributed by atoms with Gasteiger partial charge in [-0.15, -0.1) is 0 Å². The first-order chi connectivity index (χ1) is 12.7. The smallest absolute Gasteiger partial charge is 0.239 e. The van der Waals surface area contributed by atoms with Crippen LogP contribution >= 0.6 is 0 Å². The summed E-state index contributed by atoms with van der Waals surface area (Å²) in [7, 11) is 0. The van der Waals surface area contributed by atoms with Crippen LogP contribution in [0.15, 0.2) is 42.5 Å². The molecule has 0 saturated heterocycles. The van der Waals surface area contributed by atoms with Crippen LogP contribution in [0.1, 0.15) is 31.2 Å². The van der Waals surface area contributed by atoms with E-state index in [1.54, 1.807) is 0 Å². The first-order valence-corrected chi connectivity index (χ1v) is 9.31. The summed E-state index contributed by atoms with van der Waals surface area (Å²) in [4.78, 5) is 24.4. The first kappa shape index (κ1) is 18.4. The van der Waals surface area contributed by atoms with Crippen LogP contribution in [-0.4, -0.2) is 36.1 Å². The second-order valence-corrected chi connectivity index (χ2v) is 6.97. The topological polar surface area (TPSA) is 78.4 Å². The SMILES string of the molecule is O=C(Cc1cccc2ccccc12)NCC(=O)N[C@@H]1CCC[C@H]1CCO. The van der Waals surface area contributed by atoms with Gasteiger partial charge >= 0.3 is 0 Å². The third kappa shape index (κ3) is 4.61. The van der Waals surface area contributed by atoms with Crippen LogP contribution in [0.2, 0.25) is 0 Å². The second kappa shape index (κ2) is 8.81. The van der Waals surface area contributed by atoms with Gasteiger partial charge in [-0.2, -0.15) is 0 Å². The van der Waals surface area contributed by atoms with Crippen LogP contribution in [0.3, 0.4) is 0 Å². The normalized spacial score (nSPS) is 19.4. The zero-order valence-corrected chi connectivity index (χ0v) is 14.9. The predicted molar refractivity (Wildman–Crippen MR) is 102 cm³/mol. The molecule has 0 bridgehead atoms. The van der Waals surface area contributed by atoms with Gasteiger partial charge in [-0.25, -0.2) is 0 Å². The Morgan fingerprint density at radius 1 is 1.04 bits per heavy atom. The molecule has 2 atom stereocenters. The number of fused-ring (bicyclic) bond motifs is 1. The Hall–Kier alpha value is -2.40. The molecule has 0 heterocycles. The summed E-state index contributed by atoms with van der Waals surface area (Å²) >= 11 is 0. The van der Waals surface area contributed by atoms with Crippen molar-refractivity contribution >= 4 is 22.6 Å². The largest absolute Gasteiger partial charge is 0.396 e. The number of rotatable bonds is 7. The lowest BCUT2D eigenvalue weighted by molar-refractivity contribution is -0.126. The molecular weight excluding hydrogens is 328 g/mol. The maximum atomic E-state index is 12.2. The van der Waals surface area contributed by atoms with Crippen molar-refractivity contribution in [3.63, 3.8) is 0 Å². The van der Waals surface area contributed by atoms with Crippen LogP contribution in [0.25, 0.3) is 10.8 Å². The van der Waals surface area contributed by atoms with E-state index in [0.717, 1.165) is 42.0 Å². The Balaban J connectivity index is 1.50. The number of benzene rings is 2. The monoisotopic (exact) mass is 354 g/mol. The predicted octanol–water partition coefficient (Wildman–Crippen LogP) is 2.17. The molecule has 0 spiro atoms. The third-order valence-corrected chi connectivity index (χ3v) is 5.18. The highest BCUT2D eigenvalue weighted by Gasteiger charge is 2.27. The number of aliphatic hydroxyl groups excluding tert-OH is 1. The third-order valence-electron chi connectivity index (χ3n) is 5.18. The molecule has 1 aliphatic carbocycles. The van der Waals surface area contributed by atoms with Gasteiger partial charge in [0, 0.05) is 12.6 Å². The maximum absolute atomic E-state index is 12.2. The lowest BCUT2D eigenvalue weighted by Crippen LogP contribution is -2.43. The molecule has 2 aromatic carbocycles. The minimum atomic E-state index is -0.161. The number of aliphatic hydroxyl groups is 1. The summed E-state index contributed by atoms with van der Waals surface area (Å²) in [6.45, 7) is 0.144. The standard InChI is InChI=1S/C21H26N2O3/c24-12-11-16-7-4-10-19(16)23-21(26)14-22-20(25)13-17-8-3-6-15-5-1-2-9-18(15)17/h1-3,5-6,8-9,16,19,24H,4,7,10-14H2,(H,22,25)(H,23,26)/t16-,19+/m0/s1. The van der Waals surface area contributed by atoms with E-state index in [1.165, 1.54) is 0 Å². The van der Waals surface area contributed by atoms with Crippen molar-refractivity contribution in [3.05, 3.63) is 48.0 Å². The molecule has 2 amide bonds. The molecule has 5 nitrogen and oxygen atoms in total. The zero-order valence-electron chi connectivity index (χ0n) is 14.9. The second-order valence-electron chi connectivity index (χ2n) is 6.97. The molecule has 0 radical (unpaired) electrons. The van der Waals surface area contributed by atoms with E-state index in [-0.39, 0.29) is 37.4 Å². The molecule has 0 aromatic heterocycles. The van der Waals surface area contributed by atoms with Gasteiger partial charge in [-0.3, -0.25) is 9.59 Å². The average molecular weight is 354 g/mol. The average Bonchev–Trinajstić information content (AvgIpc) is 3.07. The molecule has 0 unspecified atom stereocenters. The Bertz CT molecular complexity index is 769. The van der Waals surface area contributed by atoms with E-state index in [2.05, 4.69) is 10.6 Å². The van der Waals surface area contributed by atoms with Gasteiger partial charge in [0.25, 0.3) is 0 Å². The lowest BCUT2D eigenvalue weighted by atomic mass is 10.00. The highest BCUT2D eigenvalue weighted by atomic mass is 16.3. The van der Waals surface area contributed by atoms with Gasteiger partial charge in [-0.05, 0) is 41.5 Å². The Morgan fingerprint density at radius 2 is 1.85 bits per heavy atom. The van der Waals surface area contributed by atoms with Gasteiger partial charge in [0.2, 0.25) is 11.8 Å². The highest BCUT2D eigenvalue weighted by Crippen LogP contribution is 2.28. The van der Waals surface area contributed by atoms with Crippen molar-refractivity contribution in [3.8, 4) is 0 Å². The molecule has 138 valence electrons. The molecule has 0 aliphatic heterocycles. The van der Waals surface area contributed by atoms with Crippen molar-refractivity contribution in [2.75, 3.05) is 13.2 Å². The van der Waals surface area contributed by atoms with Crippen molar-refractivity contribution in [2.45, 2.75) is 38.1 Å². The van der Waals surface area contributed by atoms with E-state index in [1.807, 2.05) is 42.5 Å². The summed E-state index contributed by atoms with van der Waals surface area (Å²) in [6.07, 6.45) is 4.03. The summed E-state index contributed by atoms with van der Waals surface area (Å²) in [5.74, 6) is 0.0243. The van der Waals surface area contributed by atoms with E-state index in [9.17, 15) is 9.59 Å². The van der Waals surface area contributed by atoms with Gasteiger partial charge in [0.15, 0.2) is 0 Å². The molecule has 3 N–H and O–H groups in total. The molecule has 1 aliphatic rings. The number of amides is 2. The van der Waals surface area contributed by atoms with Gasteiger partial charge in [0.05, 0.1) is 13.0 Å². The van der Waals surface area contributed by atoms with Crippen molar-refractivity contribution < 1.29 is 14.7 Å². The summed E-state index contributed by atoms with van der Waals surface area (Å²) in [5, 5.41) is 17.0. The van der Waals surface area contributed by atoms with E-state index in [4.69, 9.17) is 5.11 Å². The van der Waals surface area contributed by atoms with Gasteiger partial charge < -0.3 is 15.7 Å². The number of hydrogen-bond acceptors (Lipinski definition) is 3. The maximum Gasteiger partial charge on any atom is 0.239 e. The zero-order chi connectivity index (χ0) is 18.4. The van der Waals surface area contributed by atoms with Crippen molar-refractivity contribution in [1.82, 2.24) is 10.6 Å². The van der Waals surface area contributed by atoms with Crippen molar-refractivity contribution in [2.24, 2.45) is 5.92 Å². The first-order valence-electron chi connectivity index (χ1n) is 9.31. The molecule has 1 saturated carbocycles. The number of hydrogen-bond donors (Lipinski definition) is 3. The number of carbonyl (C=O) groups excluding carboxylic acids is 2. The minimum absolute atomic E-state index is 0.00799. The molecule has 3 rings (SSSR count). The molecular formula is C21H26N2O3. The van der Waals surface area contributed by atoms with Gasteiger partial charge in [-0.1, -0.05) is 48.9 Å². The number of carbonyl (C=O) groups is 2. The fraction of sp³-hybridized carbons (Fsp3) is 0.429. The fourth-order valence-corrected chi connectivity index (χ4v) is 3.86. The van der Waals surface area contributed by atoms with E-state index in [0.29, 0.717) is 5.92 Å². The quantitative estimate of drug-likeness (QED) is 0.713. The lowest BCUT2D eigenvalue weighted by Gasteiger charge is -2.20. The molecule has 5 heteroatoms. The molecule has 1 fully saturated rings. The Morgan fingerprint density at radius 3 is 2.69 bits per heavy atom. The Labute approximate surface area is 153 Å². The van der Waals surface area contributed by atoms with Crippen molar-refractivity contribution in [1.29, 1.82) is 0 Å². The summed E-state index contributed by atoms with van der Waals surface area (Å²) < 4.78 is 0. The summed E-state index contributed by atoms with van der Waals surface area (Å²) in [5.41, 5.74) is 0.958. The summed E-state index contributed by atoms with van der Waals surface area (Å²) in [6, 6.07) is 14.0. The van der Waals surface area contributed by atoms with Crippen LogP contribution in [0, 0.1) is 5.92 Å². The van der Waals surface area contributed by atoms with Crippen LogP contribution in [0.5, 0.6) is 0 Å². The molecule has 26 heavy (non-hydrogen) atoms. The highest BCUT2D eigenvalue weighted by molar-refractivity contribution is 5.91.